The van der Waals surface area contributed by atoms with Crippen molar-refractivity contribution in [1.82, 2.24) is 10.3 Å². The van der Waals surface area contributed by atoms with Gasteiger partial charge in [-0.15, -0.1) is 11.3 Å². The van der Waals surface area contributed by atoms with Crippen molar-refractivity contribution in [3.8, 4) is 17.0 Å². The first kappa shape index (κ1) is 18.4. The van der Waals surface area contributed by atoms with Crippen LogP contribution in [0.15, 0.2) is 17.5 Å². The first-order valence-corrected chi connectivity index (χ1v) is 10.0. The summed E-state index contributed by atoms with van der Waals surface area (Å²) < 4.78 is 0. The molecule has 2 heterocycles. The first-order chi connectivity index (χ1) is 11.6. The lowest BCUT2D eigenvalue weighted by Gasteiger charge is -2.28. The third-order valence-corrected chi connectivity index (χ3v) is 5.86. The summed E-state index contributed by atoms with van der Waals surface area (Å²) in [6.45, 7) is 14.0. The van der Waals surface area contributed by atoms with Crippen LogP contribution < -0.4 is 5.32 Å². The van der Waals surface area contributed by atoms with Crippen molar-refractivity contribution in [3.63, 3.8) is 0 Å². The molecule has 1 saturated heterocycles. The van der Waals surface area contributed by atoms with Gasteiger partial charge in [0, 0.05) is 22.1 Å². The van der Waals surface area contributed by atoms with Crippen LogP contribution in [0.25, 0.3) is 11.3 Å². The van der Waals surface area contributed by atoms with E-state index in [-0.39, 0.29) is 10.8 Å². The molecule has 0 aliphatic carbocycles. The molecule has 2 aromatic rings. The van der Waals surface area contributed by atoms with Crippen LogP contribution in [0.2, 0.25) is 0 Å². The van der Waals surface area contributed by atoms with Crippen LogP contribution in [0.4, 0.5) is 0 Å². The van der Waals surface area contributed by atoms with E-state index < -0.39 is 0 Å². The van der Waals surface area contributed by atoms with Crippen LogP contribution in [-0.4, -0.2) is 16.6 Å². The predicted molar refractivity (Wildman–Crippen MR) is 107 cm³/mol. The summed E-state index contributed by atoms with van der Waals surface area (Å²) >= 11 is 1.74. The van der Waals surface area contributed by atoms with Gasteiger partial charge in [-0.25, -0.2) is 4.98 Å². The highest BCUT2D eigenvalue weighted by Gasteiger charge is 2.27. The van der Waals surface area contributed by atoms with Gasteiger partial charge in [0.25, 0.3) is 0 Å². The Morgan fingerprint density at radius 2 is 1.68 bits per heavy atom. The monoisotopic (exact) mass is 358 g/mol. The van der Waals surface area contributed by atoms with E-state index in [4.69, 9.17) is 4.98 Å². The average Bonchev–Trinajstić information content (AvgIpc) is 3.16. The minimum Gasteiger partial charge on any atom is -0.507 e. The van der Waals surface area contributed by atoms with E-state index in [1.54, 1.807) is 11.3 Å². The summed E-state index contributed by atoms with van der Waals surface area (Å²) in [5.41, 5.74) is 3.86. The highest BCUT2D eigenvalue weighted by molar-refractivity contribution is 7.10. The molecule has 1 aromatic heterocycles. The Balaban J connectivity index is 2.09. The van der Waals surface area contributed by atoms with Gasteiger partial charge in [-0.2, -0.15) is 0 Å². The molecule has 1 unspecified atom stereocenters. The molecule has 1 aliphatic rings. The van der Waals surface area contributed by atoms with Crippen LogP contribution in [0, 0.1) is 0 Å². The number of phenols is 1. The fourth-order valence-electron chi connectivity index (χ4n) is 3.40. The van der Waals surface area contributed by atoms with Crippen LogP contribution in [-0.2, 0) is 10.8 Å². The lowest BCUT2D eigenvalue weighted by Crippen LogP contribution is -2.17. The Morgan fingerprint density at radius 3 is 2.16 bits per heavy atom. The highest BCUT2D eigenvalue weighted by Crippen LogP contribution is 2.42. The van der Waals surface area contributed by atoms with Crippen molar-refractivity contribution in [2.45, 2.75) is 71.3 Å². The molecule has 0 saturated carbocycles. The number of hydrogen-bond donors (Lipinski definition) is 2. The number of aromatic nitrogens is 1. The summed E-state index contributed by atoms with van der Waals surface area (Å²) in [6.07, 6.45) is 2.39. The van der Waals surface area contributed by atoms with Gasteiger partial charge in [0.05, 0.1) is 11.7 Å². The highest BCUT2D eigenvalue weighted by atomic mass is 32.1. The number of nitrogens with one attached hydrogen (secondary N) is 1. The number of benzene rings is 1. The third-order valence-electron chi connectivity index (χ3n) is 4.90. The molecule has 4 heteroatoms. The molecule has 3 nitrogen and oxygen atoms in total. The lowest BCUT2D eigenvalue weighted by molar-refractivity contribution is 0.423. The van der Waals surface area contributed by atoms with Crippen molar-refractivity contribution >= 4 is 11.3 Å². The van der Waals surface area contributed by atoms with E-state index in [1.165, 1.54) is 17.8 Å². The Labute approximate surface area is 155 Å². The van der Waals surface area contributed by atoms with E-state index in [0.29, 0.717) is 11.8 Å². The van der Waals surface area contributed by atoms with E-state index in [0.717, 1.165) is 28.9 Å². The number of phenolic OH excluding ortho intramolecular Hbond substituents is 1. The quantitative estimate of drug-likeness (QED) is 0.741. The second-order valence-electron chi connectivity index (χ2n) is 9.14. The van der Waals surface area contributed by atoms with E-state index in [1.807, 2.05) is 0 Å². The summed E-state index contributed by atoms with van der Waals surface area (Å²) in [4.78, 5) is 4.91. The molecule has 3 rings (SSSR count). The summed E-state index contributed by atoms with van der Waals surface area (Å²) in [6, 6.07) is 4.64. The fraction of sp³-hybridized carbons (Fsp3) is 0.571. The van der Waals surface area contributed by atoms with Gasteiger partial charge in [-0.05, 0) is 42.3 Å². The van der Waals surface area contributed by atoms with Gasteiger partial charge in [0.2, 0.25) is 0 Å². The number of nitrogens with zero attached hydrogens (tertiary/aromatic N) is 1. The second-order valence-corrected chi connectivity index (χ2v) is 10.0. The standard InChI is InChI=1S/C21H30N2OS/c1-20(2,3)14-10-13(11-15(18(14)24)21(4,5)6)17-12-25-19(23-17)16-8-7-9-22-16/h10-12,16,22,24H,7-9H2,1-6H3. The molecule has 2 N–H and O–H groups in total. The van der Waals surface area contributed by atoms with Gasteiger partial charge in [0.1, 0.15) is 10.8 Å². The summed E-state index contributed by atoms with van der Waals surface area (Å²) in [7, 11) is 0. The van der Waals surface area contributed by atoms with Crippen LogP contribution in [0.1, 0.15) is 76.6 Å². The van der Waals surface area contributed by atoms with Gasteiger partial charge in [-0.1, -0.05) is 41.5 Å². The van der Waals surface area contributed by atoms with E-state index in [2.05, 4.69) is 64.4 Å². The lowest BCUT2D eigenvalue weighted by atomic mass is 9.78. The van der Waals surface area contributed by atoms with Crippen LogP contribution in [0.5, 0.6) is 5.75 Å². The minimum absolute atomic E-state index is 0.119. The summed E-state index contributed by atoms with van der Waals surface area (Å²) in [5.74, 6) is 0.427. The normalized spacial score (nSPS) is 18.7. The topological polar surface area (TPSA) is 45.2 Å². The molecule has 25 heavy (non-hydrogen) atoms. The first-order valence-electron chi connectivity index (χ1n) is 9.14. The number of rotatable bonds is 2. The van der Waals surface area contributed by atoms with Gasteiger partial charge >= 0.3 is 0 Å². The van der Waals surface area contributed by atoms with Gasteiger partial charge < -0.3 is 10.4 Å². The molecular weight excluding hydrogens is 328 g/mol. The van der Waals surface area contributed by atoms with E-state index in [9.17, 15) is 5.11 Å². The molecule has 1 fully saturated rings. The van der Waals surface area contributed by atoms with Crippen LogP contribution in [0.3, 0.4) is 0 Å². The van der Waals surface area contributed by atoms with Crippen molar-refractivity contribution in [2.75, 3.05) is 6.54 Å². The van der Waals surface area contributed by atoms with Crippen molar-refractivity contribution in [1.29, 1.82) is 0 Å². The molecule has 0 bridgehead atoms. The molecule has 1 aliphatic heterocycles. The molecule has 1 aromatic carbocycles. The zero-order chi connectivity index (χ0) is 18.4. The van der Waals surface area contributed by atoms with Crippen LogP contribution >= 0.6 is 11.3 Å². The van der Waals surface area contributed by atoms with E-state index >= 15 is 0 Å². The zero-order valence-electron chi connectivity index (χ0n) is 16.2. The fourth-order valence-corrected chi connectivity index (χ4v) is 4.34. The molecule has 136 valence electrons. The van der Waals surface area contributed by atoms with Crippen molar-refractivity contribution in [2.24, 2.45) is 0 Å². The molecule has 1 atom stereocenters. The molecule has 0 radical (unpaired) electrons. The zero-order valence-corrected chi connectivity index (χ0v) is 17.0. The second kappa shape index (κ2) is 6.40. The number of thiazole rings is 1. The maximum Gasteiger partial charge on any atom is 0.123 e. The molecule has 0 spiro atoms. The van der Waals surface area contributed by atoms with Gasteiger partial charge in [0.15, 0.2) is 0 Å². The maximum absolute atomic E-state index is 10.9. The summed E-state index contributed by atoms with van der Waals surface area (Å²) in [5, 5.41) is 17.7. The Kier molecular flexibility index (Phi) is 4.71. The largest absolute Gasteiger partial charge is 0.507 e. The predicted octanol–water partition coefficient (Wildman–Crippen LogP) is 5.54. The Bertz CT molecular complexity index is 724. The minimum atomic E-state index is -0.119. The number of aromatic hydroxyl groups is 1. The average molecular weight is 359 g/mol. The third kappa shape index (κ3) is 3.75. The van der Waals surface area contributed by atoms with Gasteiger partial charge in [-0.3, -0.25) is 0 Å². The Morgan fingerprint density at radius 1 is 1.08 bits per heavy atom. The molecular formula is C21H30N2OS. The number of hydrogen-bond acceptors (Lipinski definition) is 4. The molecule has 0 amide bonds. The Hall–Kier alpha value is -1.39. The smallest absolute Gasteiger partial charge is 0.123 e. The maximum atomic E-state index is 10.9. The van der Waals surface area contributed by atoms with Crippen molar-refractivity contribution in [3.05, 3.63) is 33.6 Å². The SMILES string of the molecule is CC(C)(C)c1cc(-c2csc(C3CCCN3)n2)cc(C(C)(C)C)c1O. The van der Waals surface area contributed by atoms with Crippen molar-refractivity contribution < 1.29 is 5.11 Å².